The van der Waals surface area contributed by atoms with Gasteiger partial charge in [0.2, 0.25) is 0 Å². The van der Waals surface area contributed by atoms with E-state index in [-0.39, 0.29) is 17.8 Å². The van der Waals surface area contributed by atoms with E-state index in [4.69, 9.17) is 4.98 Å². The number of nitrogens with zero attached hydrogens (tertiary/aromatic N) is 3. The van der Waals surface area contributed by atoms with Crippen molar-refractivity contribution < 1.29 is 0 Å². The zero-order chi connectivity index (χ0) is 23.9. The number of hydrogen-bond donors (Lipinski definition) is 0. The van der Waals surface area contributed by atoms with Crippen LogP contribution < -0.4 is 4.90 Å². The van der Waals surface area contributed by atoms with Crippen molar-refractivity contribution in [2.24, 2.45) is 0 Å². The summed E-state index contributed by atoms with van der Waals surface area (Å²) in [6.45, 7) is 14.3. The Bertz CT molecular complexity index is 1280. The third kappa shape index (κ3) is 4.97. The van der Waals surface area contributed by atoms with Gasteiger partial charge in [-0.25, -0.2) is 4.98 Å². The third-order valence-corrected chi connectivity index (χ3v) is 7.68. The van der Waals surface area contributed by atoms with Gasteiger partial charge in [0.05, 0.1) is 5.52 Å². The van der Waals surface area contributed by atoms with Crippen LogP contribution >= 0.6 is 12.4 Å². The summed E-state index contributed by atoms with van der Waals surface area (Å²) < 4.78 is 2.49. The highest BCUT2D eigenvalue weighted by atomic mass is 35.5. The summed E-state index contributed by atoms with van der Waals surface area (Å²) in [5.74, 6) is 1.70. The van der Waals surface area contributed by atoms with Crippen molar-refractivity contribution in [2.45, 2.75) is 65.3 Å². The van der Waals surface area contributed by atoms with Crippen molar-refractivity contribution >= 4 is 29.1 Å². The predicted octanol–water partition coefficient (Wildman–Crippen LogP) is 7.80. The minimum absolute atomic E-state index is 0. The molecule has 1 atom stereocenters. The van der Waals surface area contributed by atoms with Crippen molar-refractivity contribution in [1.82, 2.24) is 9.55 Å². The molecule has 184 valence electrons. The molecular formula is C31H38ClN3. The van der Waals surface area contributed by atoms with Gasteiger partial charge in [-0.15, -0.1) is 12.4 Å². The summed E-state index contributed by atoms with van der Waals surface area (Å²) in [5, 5.41) is 1.33. The summed E-state index contributed by atoms with van der Waals surface area (Å²) in [4.78, 5) is 7.50. The molecule has 2 aromatic heterocycles. The van der Waals surface area contributed by atoms with Gasteiger partial charge in [-0.2, -0.15) is 0 Å². The summed E-state index contributed by atoms with van der Waals surface area (Å²) in [6, 6.07) is 22.4. The smallest absolute Gasteiger partial charge is 0.153 e. The number of aromatic nitrogens is 2. The Balaban J connectivity index is 0.00000289. The molecule has 0 radical (unpaired) electrons. The first-order valence-electron chi connectivity index (χ1n) is 12.7. The Morgan fingerprint density at radius 2 is 1.66 bits per heavy atom. The van der Waals surface area contributed by atoms with Gasteiger partial charge in [0, 0.05) is 42.8 Å². The first kappa shape index (κ1) is 25.3. The lowest BCUT2D eigenvalue weighted by molar-refractivity contribution is 0.507. The normalized spacial score (nSPS) is 16.4. The fraction of sp³-hybridized carbons (Fsp3) is 0.387. The highest BCUT2D eigenvalue weighted by Crippen LogP contribution is 2.36. The molecule has 0 amide bonds. The van der Waals surface area contributed by atoms with E-state index in [1.807, 2.05) is 6.20 Å². The number of aryl methyl sites for hydroxylation is 1. The maximum Gasteiger partial charge on any atom is 0.153 e. The number of piperidine rings is 1. The van der Waals surface area contributed by atoms with E-state index in [1.165, 1.54) is 51.7 Å². The first-order chi connectivity index (χ1) is 16.3. The molecule has 3 nitrogen and oxygen atoms in total. The molecule has 0 N–H and O–H groups in total. The molecule has 1 saturated heterocycles. The molecule has 35 heavy (non-hydrogen) atoms. The number of halogens is 1. The Morgan fingerprint density at radius 3 is 2.34 bits per heavy atom. The molecule has 0 aliphatic carbocycles. The standard InChI is InChI=1S/C31H37N3.ClH/c1-22-23(2)34(20-24-13-15-27(16-14-24)31(3,4)5)29-28(22)17-18-32-30(29)33-19-9-12-26(21-33)25-10-7-6-8-11-25;/h6-8,10-11,13-18,26H,9,12,19-21H2,1-5H3;1H. The van der Waals surface area contributed by atoms with Gasteiger partial charge in [-0.05, 0) is 60.4 Å². The van der Waals surface area contributed by atoms with Gasteiger partial charge in [-0.3, -0.25) is 0 Å². The van der Waals surface area contributed by atoms with Crippen LogP contribution in [0.15, 0.2) is 66.9 Å². The van der Waals surface area contributed by atoms with Crippen molar-refractivity contribution in [3.63, 3.8) is 0 Å². The molecule has 4 heteroatoms. The molecule has 0 spiro atoms. The molecule has 1 aliphatic heterocycles. The highest BCUT2D eigenvalue weighted by molar-refractivity contribution is 5.93. The average Bonchev–Trinajstić information content (AvgIpc) is 3.09. The number of rotatable bonds is 4. The van der Waals surface area contributed by atoms with Crippen LogP contribution in [-0.4, -0.2) is 22.6 Å². The summed E-state index contributed by atoms with van der Waals surface area (Å²) in [7, 11) is 0. The van der Waals surface area contributed by atoms with Crippen LogP contribution in [-0.2, 0) is 12.0 Å². The number of pyridine rings is 1. The highest BCUT2D eigenvalue weighted by Gasteiger charge is 2.26. The zero-order valence-corrected chi connectivity index (χ0v) is 22.5. The topological polar surface area (TPSA) is 21.1 Å². The Hall–Kier alpha value is -2.78. The van der Waals surface area contributed by atoms with Crippen LogP contribution in [0.4, 0.5) is 5.82 Å². The number of fused-ring (bicyclic) bond motifs is 1. The molecular weight excluding hydrogens is 450 g/mol. The minimum atomic E-state index is 0. The van der Waals surface area contributed by atoms with Crippen LogP contribution in [0, 0.1) is 13.8 Å². The second-order valence-corrected chi connectivity index (χ2v) is 11.0. The van der Waals surface area contributed by atoms with E-state index in [1.54, 1.807) is 0 Å². The van der Waals surface area contributed by atoms with Crippen LogP contribution in [0.2, 0.25) is 0 Å². The monoisotopic (exact) mass is 487 g/mol. The van der Waals surface area contributed by atoms with Crippen LogP contribution in [0.5, 0.6) is 0 Å². The third-order valence-electron chi connectivity index (χ3n) is 7.68. The van der Waals surface area contributed by atoms with Crippen LogP contribution in [0.1, 0.15) is 67.5 Å². The number of benzene rings is 2. The predicted molar refractivity (Wildman–Crippen MR) is 151 cm³/mol. The summed E-state index contributed by atoms with van der Waals surface area (Å²) in [6.07, 6.45) is 4.44. The number of hydrogen-bond acceptors (Lipinski definition) is 2. The lowest BCUT2D eigenvalue weighted by atomic mass is 9.87. The first-order valence-corrected chi connectivity index (χ1v) is 12.7. The fourth-order valence-electron chi connectivity index (χ4n) is 5.47. The Labute approximate surface area is 216 Å². The van der Waals surface area contributed by atoms with Gasteiger partial charge < -0.3 is 9.47 Å². The minimum Gasteiger partial charge on any atom is -0.354 e. The molecule has 1 unspecified atom stereocenters. The van der Waals surface area contributed by atoms with Gasteiger partial charge in [0.1, 0.15) is 0 Å². The van der Waals surface area contributed by atoms with Gasteiger partial charge in [0.25, 0.3) is 0 Å². The molecule has 0 bridgehead atoms. The summed E-state index contributed by atoms with van der Waals surface area (Å²) >= 11 is 0. The molecule has 0 saturated carbocycles. The molecule has 5 rings (SSSR count). The van der Waals surface area contributed by atoms with E-state index in [9.17, 15) is 0 Å². The lowest BCUT2D eigenvalue weighted by Crippen LogP contribution is -2.35. The van der Waals surface area contributed by atoms with Crippen molar-refractivity contribution in [3.8, 4) is 0 Å². The van der Waals surface area contributed by atoms with Gasteiger partial charge >= 0.3 is 0 Å². The Morgan fingerprint density at radius 1 is 0.943 bits per heavy atom. The second-order valence-electron chi connectivity index (χ2n) is 11.0. The van der Waals surface area contributed by atoms with Crippen molar-refractivity contribution in [3.05, 3.63) is 94.8 Å². The maximum absolute atomic E-state index is 4.97. The van der Waals surface area contributed by atoms with Crippen LogP contribution in [0.25, 0.3) is 10.9 Å². The van der Waals surface area contributed by atoms with Gasteiger partial charge in [-0.1, -0.05) is 75.4 Å². The molecule has 4 aromatic rings. The Kier molecular flexibility index (Phi) is 7.28. The maximum atomic E-state index is 4.97. The summed E-state index contributed by atoms with van der Waals surface area (Å²) in [5.41, 5.74) is 8.31. The van der Waals surface area contributed by atoms with Crippen molar-refractivity contribution in [1.29, 1.82) is 0 Å². The molecule has 2 aromatic carbocycles. The van der Waals surface area contributed by atoms with Crippen LogP contribution in [0.3, 0.4) is 0 Å². The molecule has 1 aliphatic rings. The van der Waals surface area contributed by atoms with Gasteiger partial charge in [0.15, 0.2) is 5.82 Å². The molecule has 3 heterocycles. The average molecular weight is 488 g/mol. The van der Waals surface area contributed by atoms with E-state index in [2.05, 4.69) is 105 Å². The van der Waals surface area contributed by atoms with Crippen molar-refractivity contribution in [2.75, 3.05) is 18.0 Å². The lowest BCUT2D eigenvalue weighted by Gasteiger charge is -2.34. The van der Waals surface area contributed by atoms with E-state index in [0.29, 0.717) is 5.92 Å². The fourth-order valence-corrected chi connectivity index (χ4v) is 5.47. The zero-order valence-electron chi connectivity index (χ0n) is 21.7. The second kappa shape index (κ2) is 10.1. The quantitative estimate of drug-likeness (QED) is 0.292. The SMILES string of the molecule is Cc1c(C)n(Cc2ccc(C(C)(C)C)cc2)c2c(N3CCCC(c4ccccc4)C3)nccc12.Cl. The number of anilines is 1. The molecule has 1 fully saturated rings. The largest absolute Gasteiger partial charge is 0.354 e. The van der Waals surface area contributed by atoms with E-state index < -0.39 is 0 Å². The van der Waals surface area contributed by atoms with E-state index in [0.717, 1.165) is 25.5 Å². The van der Waals surface area contributed by atoms with E-state index >= 15 is 0 Å².